The van der Waals surface area contributed by atoms with E-state index < -0.39 is 6.03 Å². The van der Waals surface area contributed by atoms with Crippen molar-refractivity contribution in [2.75, 3.05) is 47.4 Å². The third-order valence-corrected chi connectivity index (χ3v) is 5.90. The third kappa shape index (κ3) is 5.06. The fourth-order valence-electron chi connectivity index (χ4n) is 3.93. The average molecular weight is 452 g/mol. The van der Waals surface area contributed by atoms with Crippen LogP contribution in [0.15, 0.2) is 57.9 Å². The molecule has 0 radical (unpaired) electrons. The average Bonchev–Trinajstić information content (AvgIpc) is 3.29. The van der Waals surface area contributed by atoms with Crippen LogP contribution in [0.3, 0.4) is 0 Å². The number of carbonyl (C=O) groups is 1. The summed E-state index contributed by atoms with van der Waals surface area (Å²) in [6.07, 6.45) is 0.528. The fraction of sp³-hybridized carbons (Fsp3) is 0.391. The van der Waals surface area contributed by atoms with Crippen molar-refractivity contribution in [1.29, 1.82) is 0 Å². The fourth-order valence-corrected chi connectivity index (χ4v) is 3.93. The van der Waals surface area contributed by atoms with Gasteiger partial charge in [-0.2, -0.15) is 5.10 Å². The molecule has 0 spiro atoms. The molecule has 2 aromatic carbocycles. The van der Waals surface area contributed by atoms with Crippen molar-refractivity contribution in [3.63, 3.8) is 0 Å². The van der Waals surface area contributed by atoms with Crippen molar-refractivity contribution in [3.05, 3.63) is 53.6 Å². The Bertz CT molecular complexity index is 1050. The molecule has 33 heavy (non-hydrogen) atoms. The monoisotopic (exact) mass is 451 g/mol. The molecular formula is C23H29N7O3. The lowest BCUT2D eigenvalue weighted by Crippen LogP contribution is -2.41. The second-order valence-corrected chi connectivity index (χ2v) is 8.06. The molecule has 174 valence electrons. The first-order valence-electron chi connectivity index (χ1n) is 10.8. The highest BCUT2D eigenvalue weighted by molar-refractivity contribution is 6.03. The van der Waals surface area contributed by atoms with Crippen LogP contribution in [-0.4, -0.2) is 74.1 Å². The van der Waals surface area contributed by atoms with Gasteiger partial charge in [-0.25, -0.2) is 9.80 Å². The van der Waals surface area contributed by atoms with E-state index in [1.165, 1.54) is 5.01 Å². The molecule has 0 bridgehead atoms. The SMILES string of the molecule is COc1ccc(C2CC(c3ccc(N=NN4CCN(C)CC4)cc3)=NN2C(N)=O)cc1OC. The minimum atomic E-state index is -0.609. The number of ether oxygens (including phenoxy) is 2. The molecule has 0 aliphatic carbocycles. The molecule has 2 heterocycles. The molecule has 10 nitrogen and oxygen atoms in total. The zero-order chi connectivity index (χ0) is 23.4. The minimum absolute atomic E-state index is 0.325. The van der Waals surface area contributed by atoms with Gasteiger partial charge >= 0.3 is 6.03 Å². The molecule has 2 N–H and O–H groups in total. The molecule has 10 heteroatoms. The summed E-state index contributed by atoms with van der Waals surface area (Å²) < 4.78 is 10.7. The summed E-state index contributed by atoms with van der Waals surface area (Å²) in [4.78, 5) is 14.4. The summed E-state index contributed by atoms with van der Waals surface area (Å²) in [6.45, 7) is 3.70. The molecule has 1 fully saturated rings. The normalized spacial score (nSPS) is 19.1. The predicted octanol–water partition coefficient (Wildman–Crippen LogP) is 3.18. The summed E-state index contributed by atoms with van der Waals surface area (Å²) in [5.41, 5.74) is 8.93. The maximum absolute atomic E-state index is 12.1. The minimum Gasteiger partial charge on any atom is -0.493 e. The van der Waals surface area contributed by atoms with Crippen LogP contribution in [0.5, 0.6) is 11.5 Å². The van der Waals surface area contributed by atoms with Crippen LogP contribution in [0.25, 0.3) is 0 Å². The van der Waals surface area contributed by atoms with E-state index in [-0.39, 0.29) is 6.04 Å². The van der Waals surface area contributed by atoms with Gasteiger partial charge in [0.1, 0.15) is 0 Å². The lowest BCUT2D eigenvalue weighted by Gasteiger charge is -2.29. The predicted molar refractivity (Wildman–Crippen MR) is 125 cm³/mol. The summed E-state index contributed by atoms with van der Waals surface area (Å²) in [5.74, 6) is 1.20. The van der Waals surface area contributed by atoms with Crippen LogP contribution in [-0.2, 0) is 0 Å². The van der Waals surface area contributed by atoms with Gasteiger partial charge in [0.2, 0.25) is 0 Å². The number of likely N-dealkylation sites (N-methyl/N-ethyl adjacent to an activating group) is 1. The van der Waals surface area contributed by atoms with Gasteiger partial charge in [0.25, 0.3) is 0 Å². The van der Waals surface area contributed by atoms with Crippen molar-refractivity contribution < 1.29 is 14.3 Å². The highest BCUT2D eigenvalue weighted by Gasteiger charge is 2.32. The standard InChI is InChI=1S/C23H29N7O3/c1-28-10-12-29(13-11-28)27-25-18-7-4-16(5-8-18)19-15-20(30(26-19)23(24)31)17-6-9-21(32-2)22(14-17)33-3/h4-9,14,20H,10-13,15H2,1-3H3,(H2,24,31). The van der Waals surface area contributed by atoms with E-state index in [9.17, 15) is 4.79 Å². The first-order valence-corrected chi connectivity index (χ1v) is 10.8. The van der Waals surface area contributed by atoms with Gasteiger partial charge in [-0.05, 0) is 42.4 Å². The quantitative estimate of drug-likeness (QED) is 0.679. The molecule has 2 aromatic rings. The van der Waals surface area contributed by atoms with Gasteiger partial charge in [0.05, 0.1) is 44.8 Å². The van der Waals surface area contributed by atoms with Crippen LogP contribution in [0.2, 0.25) is 0 Å². The number of methoxy groups -OCH3 is 2. The highest BCUT2D eigenvalue weighted by atomic mass is 16.5. The Balaban J connectivity index is 1.49. The van der Waals surface area contributed by atoms with Crippen LogP contribution < -0.4 is 15.2 Å². The van der Waals surface area contributed by atoms with Gasteiger partial charge in [-0.3, -0.25) is 5.01 Å². The van der Waals surface area contributed by atoms with E-state index in [0.29, 0.717) is 17.9 Å². The maximum Gasteiger partial charge on any atom is 0.335 e. The van der Waals surface area contributed by atoms with E-state index in [4.69, 9.17) is 15.2 Å². The van der Waals surface area contributed by atoms with Crippen molar-refractivity contribution in [3.8, 4) is 11.5 Å². The topological polar surface area (TPSA) is 108 Å². The molecule has 2 aliphatic heterocycles. The number of urea groups is 1. The first kappa shape index (κ1) is 22.5. The zero-order valence-electron chi connectivity index (χ0n) is 19.1. The van der Waals surface area contributed by atoms with Crippen LogP contribution in [0, 0.1) is 0 Å². The van der Waals surface area contributed by atoms with E-state index in [1.807, 2.05) is 47.5 Å². The Labute approximate surface area is 193 Å². The number of amides is 2. The lowest BCUT2D eigenvalue weighted by atomic mass is 9.98. The number of hydrazone groups is 1. The number of nitrogens with zero attached hydrogens (tertiary/aromatic N) is 6. The van der Waals surface area contributed by atoms with Gasteiger partial charge in [0, 0.05) is 19.5 Å². The Morgan fingerprint density at radius 3 is 2.36 bits per heavy atom. The number of nitrogens with two attached hydrogens (primary N) is 1. The number of benzene rings is 2. The first-order chi connectivity index (χ1) is 16.0. The summed E-state index contributed by atoms with van der Waals surface area (Å²) in [7, 11) is 5.26. The second-order valence-electron chi connectivity index (χ2n) is 8.06. The number of carbonyl (C=O) groups excluding carboxylic acids is 1. The second kappa shape index (κ2) is 9.86. The molecule has 1 atom stereocenters. The zero-order valence-corrected chi connectivity index (χ0v) is 19.1. The van der Waals surface area contributed by atoms with Crippen LogP contribution in [0.4, 0.5) is 10.5 Å². The molecule has 1 unspecified atom stereocenters. The Morgan fingerprint density at radius 2 is 1.73 bits per heavy atom. The number of rotatable bonds is 6. The van der Waals surface area contributed by atoms with Crippen LogP contribution >= 0.6 is 0 Å². The number of piperazine rings is 1. The van der Waals surface area contributed by atoms with E-state index >= 15 is 0 Å². The van der Waals surface area contributed by atoms with Gasteiger partial charge < -0.3 is 20.1 Å². The molecular weight excluding hydrogens is 422 g/mol. The Hall–Kier alpha value is -3.66. The lowest BCUT2D eigenvalue weighted by molar-refractivity contribution is 0.150. The molecule has 4 rings (SSSR count). The van der Waals surface area contributed by atoms with Gasteiger partial charge in [-0.1, -0.05) is 23.4 Å². The number of hydrogen-bond donors (Lipinski definition) is 1. The molecule has 2 aliphatic rings. The smallest absolute Gasteiger partial charge is 0.335 e. The molecule has 2 amide bonds. The van der Waals surface area contributed by atoms with E-state index in [0.717, 1.165) is 48.7 Å². The largest absolute Gasteiger partial charge is 0.493 e. The summed E-state index contributed by atoms with van der Waals surface area (Å²) >= 11 is 0. The summed E-state index contributed by atoms with van der Waals surface area (Å²) in [5, 5.41) is 16.5. The van der Waals surface area contributed by atoms with Crippen molar-refractivity contribution >= 4 is 17.4 Å². The molecule has 0 saturated carbocycles. The summed E-state index contributed by atoms with van der Waals surface area (Å²) in [6, 6.07) is 12.3. The van der Waals surface area contributed by atoms with Crippen LogP contribution in [0.1, 0.15) is 23.6 Å². The van der Waals surface area contributed by atoms with Gasteiger partial charge in [-0.15, -0.1) is 5.11 Å². The van der Waals surface area contributed by atoms with Crippen molar-refractivity contribution in [2.24, 2.45) is 21.2 Å². The Morgan fingerprint density at radius 1 is 1.03 bits per heavy atom. The molecule has 0 aromatic heterocycles. The van der Waals surface area contributed by atoms with Crippen molar-refractivity contribution in [2.45, 2.75) is 12.5 Å². The number of hydrogen-bond acceptors (Lipinski definition) is 7. The van der Waals surface area contributed by atoms with Crippen molar-refractivity contribution in [1.82, 2.24) is 14.9 Å². The maximum atomic E-state index is 12.1. The third-order valence-electron chi connectivity index (χ3n) is 5.90. The highest BCUT2D eigenvalue weighted by Crippen LogP contribution is 2.37. The molecule has 1 saturated heterocycles. The van der Waals surface area contributed by atoms with E-state index in [2.05, 4.69) is 27.4 Å². The van der Waals surface area contributed by atoms with E-state index in [1.54, 1.807) is 14.2 Å². The number of primary amides is 1. The Kier molecular flexibility index (Phi) is 6.74. The van der Waals surface area contributed by atoms with Gasteiger partial charge in [0.15, 0.2) is 11.5 Å².